The Morgan fingerprint density at radius 2 is 2.00 bits per heavy atom. The minimum Gasteiger partial charge on any atom is -0.330 e. The highest BCUT2D eigenvalue weighted by molar-refractivity contribution is 5.14. The zero-order valence-corrected chi connectivity index (χ0v) is 12.2. The van der Waals surface area contributed by atoms with Gasteiger partial charge in [0.25, 0.3) is 0 Å². The summed E-state index contributed by atoms with van der Waals surface area (Å²) in [6, 6.07) is 10.8. The summed E-state index contributed by atoms with van der Waals surface area (Å²) in [5.41, 5.74) is 7.34. The molecular formula is C17H28N2. The van der Waals surface area contributed by atoms with E-state index >= 15 is 0 Å². The van der Waals surface area contributed by atoms with E-state index in [0.29, 0.717) is 0 Å². The number of piperidine rings is 1. The Labute approximate surface area is 118 Å². The fraction of sp³-hybridized carbons (Fsp3) is 0.647. The smallest absolute Gasteiger partial charge is 0.00127 e. The fourth-order valence-electron chi connectivity index (χ4n) is 3.28. The van der Waals surface area contributed by atoms with E-state index in [1.165, 1.54) is 50.9 Å². The number of likely N-dealkylation sites (tertiary alicyclic amines) is 1. The van der Waals surface area contributed by atoms with Crippen LogP contribution in [0.1, 0.15) is 31.7 Å². The lowest BCUT2D eigenvalue weighted by molar-refractivity contribution is 0.119. The summed E-state index contributed by atoms with van der Waals surface area (Å²) in [6.07, 6.45) is 5.04. The molecular weight excluding hydrogens is 232 g/mol. The zero-order chi connectivity index (χ0) is 13.5. The largest absolute Gasteiger partial charge is 0.330 e. The van der Waals surface area contributed by atoms with Crippen LogP contribution in [0.3, 0.4) is 0 Å². The van der Waals surface area contributed by atoms with Crippen molar-refractivity contribution in [2.45, 2.75) is 32.6 Å². The van der Waals surface area contributed by atoms with Crippen molar-refractivity contribution in [3.8, 4) is 0 Å². The summed E-state index contributed by atoms with van der Waals surface area (Å²) in [6.45, 7) is 6.92. The van der Waals surface area contributed by atoms with E-state index in [4.69, 9.17) is 5.73 Å². The summed E-state index contributed by atoms with van der Waals surface area (Å²) >= 11 is 0. The predicted octanol–water partition coefficient (Wildman–Crippen LogP) is 2.93. The monoisotopic (exact) mass is 260 g/mol. The third-order valence-electron chi connectivity index (χ3n) is 4.59. The molecule has 1 saturated heterocycles. The number of nitrogens with two attached hydrogens (primary N) is 1. The first-order valence-electron chi connectivity index (χ1n) is 7.79. The number of rotatable bonds is 6. The number of hydrogen-bond acceptors (Lipinski definition) is 2. The van der Waals surface area contributed by atoms with Crippen molar-refractivity contribution in [2.75, 3.05) is 26.2 Å². The first-order chi connectivity index (χ1) is 9.33. The van der Waals surface area contributed by atoms with Crippen molar-refractivity contribution in [3.05, 3.63) is 35.9 Å². The van der Waals surface area contributed by atoms with E-state index in [1.54, 1.807) is 0 Å². The second kappa shape index (κ2) is 7.66. The van der Waals surface area contributed by atoms with Crippen LogP contribution in [-0.2, 0) is 6.42 Å². The van der Waals surface area contributed by atoms with Crippen LogP contribution in [-0.4, -0.2) is 31.1 Å². The van der Waals surface area contributed by atoms with Crippen LogP contribution in [0.5, 0.6) is 0 Å². The number of aryl methyl sites for hydroxylation is 1. The van der Waals surface area contributed by atoms with E-state index < -0.39 is 0 Å². The Morgan fingerprint density at radius 1 is 1.21 bits per heavy atom. The minimum absolute atomic E-state index is 0.760. The lowest BCUT2D eigenvalue weighted by atomic mass is 9.84. The van der Waals surface area contributed by atoms with E-state index in [1.807, 2.05) is 0 Å². The molecule has 1 heterocycles. The first kappa shape index (κ1) is 14.5. The molecule has 0 spiro atoms. The first-order valence-corrected chi connectivity index (χ1v) is 7.79. The van der Waals surface area contributed by atoms with Gasteiger partial charge in [-0.05, 0) is 56.3 Å². The van der Waals surface area contributed by atoms with Crippen LogP contribution >= 0.6 is 0 Å². The van der Waals surface area contributed by atoms with Gasteiger partial charge in [-0.3, -0.25) is 0 Å². The van der Waals surface area contributed by atoms with Crippen LogP contribution in [0.15, 0.2) is 30.3 Å². The van der Waals surface area contributed by atoms with Gasteiger partial charge < -0.3 is 10.6 Å². The van der Waals surface area contributed by atoms with Crippen LogP contribution in [0.2, 0.25) is 0 Å². The molecule has 0 saturated carbocycles. The van der Waals surface area contributed by atoms with Gasteiger partial charge in [0.1, 0.15) is 0 Å². The van der Waals surface area contributed by atoms with Crippen molar-refractivity contribution in [1.29, 1.82) is 0 Å². The van der Waals surface area contributed by atoms with Crippen LogP contribution in [0, 0.1) is 11.8 Å². The number of nitrogens with zero attached hydrogens (tertiary/aromatic N) is 1. The molecule has 0 aromatic heterocycles. The standard InChI is InChI=1S/C17H28N2/c1-2-16-14-19(12-10-17(16)13-18)11-6-9-15-7-4-3-5-8-15/h3-5,7-8,16-17H,2,6,9-14,18H2,1H3. The van der Waals surface area contributed by atoms with Crippen molar-refractivity contribution in [3.63, 3.8) is 0 Å². The minimum atomic E-state index is 0.760. The van der Waals surface area contributed by atoms with Gasteiger partial charge in [0, 0.05) is 6.54 Å². The lowest BCUT2D eigenvalue weighted by Crippen LogP contribution is -2.43. The highest BCUT2D eigenvalue weighted by Gasteiger charge is 2.26. The molecule has 106 valence electrons. The molecule has 0 radical (unpaired) electrons. The molecule has 1 aliphatic heterocycles. The molecule has 1 aromatic rings. The van der Waals surface area contributed by atoms with Gasteiger partial charge in [-0.25, -0.2) is 0 Å². The zero-order valence-electron chi connectivity index (χ0n) is 12.2. The summed E-state index contributed by atoms with van der Waals surface area (Å²) < 4.78 is 0. The second-order valence-electron chi connectivity index (χ2n) is 5.84. The second-order valence-corrected chi connectivity index (χ2v) is 5.84. The Balaban J connectivity index is 1.72. The van der Waals surface area contributed by atoms with Gasteiger partial charge in [-0.1, -0.05) is 43.7 Å². The summed E-state index contributed by atoms with van der Waals surface area (Å²) in [5.74, 6) is 1.57. The molecule has 2 N–H and O–H groups in total. The molecule has 2 unspecified atom stereocenters. The predicted molar refractivity (Wildman–Crippen MR) is 82.1 cm³/mol. The molecule has 19 heavy (non-hydrogen) atoms. The van der Waals surface area contributed by atoms with Gasteiger partial charge in [-0.2, -0.15) is 0 Å². The van der Waals surface area contributed by atoms with Crippen molar-refractivity contribution in [2.24, 2.45) is 17.6 Å². The molecule has 2 nitrogen and oxygen atoms in total. The molecule has 2 rings (SSSR count). The molecule has 0 aliphatic carbocycles. The van der Waals surface area contributed by atoms with E-state index in [0.717, 1.165) is 18.4 Å². The molecule has 1 aliphatic rings. The SMILES string of the molecule is CCC1CN(CCCc2ccccc2)CCC1CN. The van der Waals surface area contributed by atoms with E-state index in [9.17, 15) is 0 Å². The maximum atomic E-state index is 5.87. The highest BCUT2D eigenvalue weighted by Crippen LogP contribution is 2.25. The maximum Gasteiger partial charge on any atom is 0.00127 e. The average molecular weight is 260 g/mol. The summed E-state index contributed by atoms with van der Waals surface area (Å²) in [7, 11) is 0. The normalized spacial score (nSPS) is 24.5. The average Bonchev–Trinajstić information content (AvgIpc) is 2.48. The molecule has 0 bridgehead atoms. The van der Waals surface area contributed by atoms with Crippen LogP contribution < -0.4 is 5.73 Å². The van der Waals surface area contributed by atoms with Crippen LogP contribution in [0.25, 0.3) is 0 Å². The third kappa shape index (κ3) is 4.32. The van der Waals surface area contributed by atoms with Crippen molar-refractivity contribution in [1.82, 2.24) is 4.90 Å². The topological polar surface area (TPSA) is 29.3 Å². The third-order valence-corrected chi connectivity index (χ3v) is 4.59. The Morgan fingerprint density at radius 3 is 2.68 bits per heavy atom. The molecule has 1 fully saturated rings. The Hall–Kier alpha value is -0.860. The highest BCUT2D eigenvalue weighted by atomic mass is 15.1. The summed E-state index contributed by atoms with van der Waals surface area (Å²) in [4.78, 5) is 2.64. The Kier molecular flexibility index (Phi) is 5.87. The molecule has 2 heteroatoms. The van der Waals surface area contributed by atoms with Crippen LogP contribution in [0.4, 0.5) is 0 Å². The molecule has 2 atom stereocenters. The van der Waals surface area contributed by atoms with E-state index in [2.05, 4.69) is 42.2 Å². The van der Waals surface area contributed by atoms with Gasteiger partial charge in [0.2, 0.25) is 0 Å². The van der Waals surface area contributed by atoms with Crippen molar-refractivity contribution < 1.29 is 0 Å². The van der Waals surface area contributed by atoms with Gasteiger partial charge in [0.15, 0.2) is 0 Å². The quantitative estimate of drug-likeness (QED) is 0.852. The van der Waals surface area contributed by atoms with E-state index in [-0.39, 0.29) is 0 Å². The Bertz CT molecular complexity index is 350. The fourth-order valence-corrected chi connectivity index (χ4v) is 3.28. The number of hydrogen-bond donors (Lipinski definition) is 1. The van der Waals surface area contributed by atoms with Crippen molar-refractivity contribution >= 4 is 0 Å². The summed E-state index contributed by atoms with van der Waals surface area (Å²) in [5, 5.41) is 0. The lowest BCUT2D eigenvalue weighted by Gasteiger charge is -2.37. The van der Waals surface area contributed by atoms with Gasteiger partial charge in [-0.15, -0.1) is 0 Å². The number of benzene rings is 1. The van der Waals surface area contributed by atoms with Gasteiger partial charge in [0.05, 0.1) is 0 Å². The van der Waals surface area contributed by atoms with Gasteiger partial charge >= 0.3 is 0 Å². The molecule has 0 amide bonds. The maximum absolute atomic E-state index is 5.87. The molecule has 1 aromatic carbocycles.